The van der Waals surface area contributed by atoms with Crippen molar-refractivity contribution in [2.75, 3.05) is 11.6 Å². The van der Waals surface area contributed by atoms with Gasteiger partial charge in [0.25, 0.3) is 0 Å². The van der Waals surface area contributed by atoms with E-state index in [1.165, 1.54) is 0 Å². The largest absolute Gasteiger partial charge is 0.334 e. The summed E-state index contributed by atoms with van der Waals surface area (Å²) in [5, 5.41) is 6.27. The minimum atomic E-state index is -0.233. The molecule has 2 aromatic rings. The van der Waals surface area contributed by atoms with Gasteiger partial charge in [-0.2, -0.15) is 0 Å². The number of rotatable bonds is 4. The van der Waals surface area contributed by atoms with E-state index < -0.39 is 0 Å². The molecule has 5 heteroatoms. The summed E-state index contributed by atoms with van der Waals surface area (Å²) in [6, 6.07) is 14.9. The van der Waals surface area contributed by atoms with Gasteiger partial charge in [0.2, 0.25) is 0 Å². The second-order valence-electron chi connectivity index (χ2n) is 4.17. The summed E-state index contributed by atoms with van der Waals surface area (Å²) in [6.45, 7) is 0.439. The molecular formula is C15H15ClN2OS. The zero-order valence-corrected chi connectivity index (χ0v) is 12.6. The number of thioether (sulfide) groups is 1. The van der Waals surface area contributed by atoms with Crippen molar-refractivity contribution in [2.24, 2.45) is 0 Å². The Morgan fingerprint density at radius 3 is 2.75 bits per heavy atom. The van der Waals surface area contributed by atoms with E-state index in [1.54, 1.807) is 17.8 Å². The molecule has 0 bridgehead atoms. The van der Waals surface area contributed by atoms with Gasteiger partial charge in [-0.15, -0.1) is 11.8 Å². The molecule has 0 saturated heterocycles. The van der Waals surface area contributed by atoms with Gasteiger partial charge in [-0.3, -0.25) is 0 Å². The van der Waals surface area contributed by atoms with Crippen molar-refractivity contribution in [1.29, 1.82) is 0 Å². The van der Waals surface area contributed by atoms with Crippen molar-refractivity contribution < 1.29 is 4.79 Å². The van der Waals surface area contributed by atoms with Crippen LogP contribution in [0.25, 0.3) is 0 Å². The second-order valence-corrected chi connectivity index (χ2v) is 5.49. The molecule has 0 aromatic heterocycles. The first-order chi connectivity index (χ1) is 9.67. The van der Waals surface area contributed by atoms with Crippen LogP contribution in [0.2, 0.25) is 5.02 Å². The Bertz CT molecular complexity index is 604. The van der Waals surface area contributed by atoms with Crippen molar-refractivity contribution in [3.63, 3.8) is 0 Å². The summed E-state index contributed by atoms with van der Waals surface area (Å²) >= 11 is 7.53. The number of hydrogen-bond donors (Lipinski definition) is 2. The summed E-state index contributed by atoms with van der Waals surface area (Å²) in [6.07, 6.45) is 2.00. The summed E-state index contributed by atoms with van der Waals surface area (Å²) in [5.74, 6) is 0. The Morgan fingerprint density at radius 2 is 2.00 bits per heavy atom. The van der Waals surface area contributed by atoms with Crippen molar-refractivity contribution in [2.45, 2.75) is 11.4 Å². The lowest BCUT2D eigenvalue weighted by Crippen LogP contribution is -2.28. The van der Waals surface area contributed by atoms with Crippen LogP contribution >= 0.6 is 23.4 Å². The summed E-state index contributed by atoms with van der Waals surface area (Å²) in [4.78, 5) is 12.9. The van der Waals surface area contributed by atoms with Gasteiger partial charge in [0.05, 0.1) is 0 Å². The van der Waals surface area contributed by atoms with Crippen LogP contribution in [0.1, 0.15) is 5.56 Å². The number of carbonyl (C=O) groups is 1. The van der Waals surface area contributed by atoms with Crippen LogP contribution < -0.4 is 10.6 Å². The molecule has 0 atom stereocenters. The molecule has 0 aliphatic heterocycles. The molecule has 0 heterocycles. The number of halogens is 1. The highest BCUT2D eigenvalue weighted by Crippen LogP contribution is 2.18. The third-order valence-corrected chi connectivity index (χ3v) is 3.63. The minimum absolute atomic E-state index is 0.233. The van der Waals surface area contributed by atoms with Crippen LogP contribution in [0.15, 0.2) is 53.4 Å². The first-order valence-electron chi connectivity index (χ1n) is 6.11. The van der Waals surface area contributed by atoms with Crippen LogP contribution in [0, 0.1) is 0 Å². The molecule has 0 aliphatic carbocycles. The molecule has 2 N–H and O–H groups in total. The van der Waals surface area contributed by atoms with E-state index in [1.807, 2.05) is 48.7 Å². The summed E-state index contributed by atoms with van der Waals surface area (Å²) in [5.41, 5.74) is 1.74. The van der Waals surface area contributed by atoms with Crippen molar-refractivity contribution in [3.05, 3.63) is 59.1 Å². The molecule has 2 rings (SSSR count). The van der Waals surface area contributed by atoms with Gasteiger partial charge in [-0.25, -0.2) is 4.79 Å². The van der Waals surface area contributed by atoms with Gasteiger partial charge >= 0.3 is 6.03 Å². The first kappa shape index (κ1) is 14.8. The molecule has 2 aromatic carbocycles. The van der Waals surface area contributed by atoms with E-state index >= 15 is 0 Å². The molecule has 0 unspecified atom stereocenters. The first-order valence-corrected chi connectivity index (χ1v) is 7.71. The minimum Gasteiger partial charge on any atom is -0.334 e. The highest BCUT2D eigenvalue weighted by atomic mass is 35.5. The maximum Gasteiger partial charge on any atom is 0.319 e. The third-order valence-electron chi connectivity index (χ3n) is 2.67. The predicted molar refractivity (Wildman–Crippen MR) is 85.5 cm³/mol. The number of amides is 2. The number of nitrogens with one attached hydrogen (secondary N) is 2. The zero-order chi connectivity index (χ0) is 14.4. The van der Waals surface area contributed by atoms with Gasteiger partial charge in [0, 0.05) is 22.2 Å². The molecular weight excluding hydrogens is 292 g/mol. The highest BCUT2D eigenvalue weighted by Gasteiger charge is 2.02. The lowest BCUT2D eigenvalue weighted by Gasteiger charge is -2.08. The van der Waals surface area contributed by atoms with Crippen molar-refractivity contribution >= 4 is 35.1 Å². The SMILES string of the molecule is CSc1cccc(NC(=O)NCc2cccc(Cl)c2)c1. The zero-order valence-electron chi connectivity index (χ0n) is 11.0. The Balaban J connectivity index is 1.89. The van der Waals surface area contributed by atoms with Gasteiger partial charge in [0.1, 0.15) is 0 Å². The second kappa shape index (κ2) is 7.22. The normalized spacial score (nSPS) is 10.1. The van der Waals surface area contributed by atoms with Gasteiger partial charge in [-0.05, 0) is 42.2 Å². The highest BCUT2D eigenvalue weighted by molar-refractivity contribution is 7.98. The summed E-state index contributed by atoms with van der Waals surface area (Å²) in [7, 11) is 0. The fraction of sp³-hybridized carbons (Fsp3) is 0.133. The summed E-state index contributed by atoms with van der Waals surface area (Å²) < 4.78 is 0. The van der Waals surface area contributed by atoms with E-state index in [4.69, 9.17) is 11.6 Å². The molecule has 0 radical (unpaired) electrons. The van der Waals surface area contributed by atoms with E-state index in [2.05, 4.69) is 10.6 Å². The molecule has 20 heavy (non-hydrogen) atoms. The van der Waals surface area contributed by atoms with Crippen LogP contribution in [-0.2, 0) is 6.54 Å². The number of urea groups is 1. The van der Waals surface area contributed by atoms with E-state index in [0.29, 0.717) is 11.6 Å². The fourth-order valence-corrected chi connectivity index (χ4v) is 2.38. The van der Waals surface area contributed by atoms with Gasteiger partial charge in [-0.1, -0.05) is 29.8 Å². The Hall–Kier alpha value is -1.65. The number of hydrogen-bond acceptors (Lipinski definition) is 2. The van der Waals surface area contributed by atoms with Crippen LogP contribution in [-0.4, -0.2) is 12.3 Å². The van der Waals surface area contributed by atoms with Crippen molar-refractivity contribution in [1.82, 2.24) is 5.32 Å². The molecule has 0 saturated carbocycles. The lowest BCUT2D eigenvalue weighted by molar-refractivity contribution is 0.251. The monoisotopic (exact) mass is 306 g/mol. The Labute approximate surface area is 127 Å². The maximum atomic E-state index is 11.8. The maximum absolute atomic E-state index is 11.8. The standard InChI is InChI=1S/C15H15ClN2OS/c1-20-14-7-3-6-13(9-14)18-15(19)17-10-11-4-2-5-12(16)8-11/h2-9H,10H2,1H3,(H2,17,18,19). The number of carbonyl (C=O) groups excluding carboxylic acids is 1. The quantitative estimate of drug-likeness (QED) is 0.823. The molecule has 2 amide bonds. The van der Waals surface area contributed by atoms with Crippen molar-refractivity contribution in [3.8, 4) is 0 Å². The predicted octanol–water partition coefficient (Wildman–Crippen LogP) is 4.38. The average Bonchev–Trinajstić information content (AvgIpc) is 2.45. The van der Waals surface area contributed by atoms with Crippen LogP contribution in [0.5, 0.6) is 0 Å². The Kier molecular flexibility index (Phi) is 5.32. The number of benzene rings is 2. The fourth-order valence-electron chi connectivity index (χ4n) is 1.71. The van der Waals surface area contributed by atoms with Gasteiger partial charge < -0.3 is 10.6 Å². The lowest BCUT2D eigenvalue weighted by atomic mass is 10.2. The van der Waals surface area contributed by atoms with Crippen LogP contribution in [0.4, 0.5) is 10.5 Å². The van der Waals surface area contributed by atoms with E-state index in [9.17, 15) is 4.79 Å². The van der Waals surface area contributed by atoms with E-state index in [0.717, 1.165) is 16.1 Å². The molecule has 0 spiro atoms. The molecule has 0 aliphatic rings. The molecule has 0 fully saturated rings. The Morgan fingerprint density at radius 1 is 1.20 bits per heavy atom. The number of anilines is 1. The van der Waals surface area contributed by atoms with E-state index in [-0.39, 0.29) is 6.03 Å². The third kappa shape index (κ3) is 4.47. The molecule has 3 nitrogen and oxygen atoms in total. The van der Waals surface area contributed by atoms with Crippen LogP contribution in [0.3, 0.4) is 0 Å². The topological polar surface area (TPSA) is 41.1 Å². The average molecular weight is 307 g/mol. The molecule has 104 valence electrons. The smallest absolute Gasteiger partial charge is 0.319 e. The van der Waals surface area contributed by atoms with Gasteiger partial charge in [0.15, 0.2) is 0 Å².